The maximum absolute atomic E-state index is 4.37. The van der Waals surface area contributed by atoms with Crippen molar-refractivity contribution in [1.82, 2.24) is 30.2 Å². The van der Waals surface area contributed by atoms with Crippen LogP contribution in [0.4, 0.5) is 5.82 Å². The minimum atomic E-state index is 0.679. The summed E-state index contributed by atoms with van der Waals surface area (Å²) in [6, 6.07) is 3.86. The standard InChI is InChI=1S/C9H13N7/c1-14-4-6-15(7-5-14)9-3-2-8-10-12-13-16(8)11-9/h2-3H,4-7H2,1H3. The van der Waals surface area contributed by atoms with E-state index in [1.54, 1.807) is 0 Å². The van der Waals surface area contributed by atoms with E-state index in [4.69, 9.17) is 0 Å². The second-order valence-corrected chi connectivity index (χ2v) is 4.01. The number of tetrazole rings is 1. The molecule has 0 bridgehead atoms. The van der Waals surface area contributed by atoms with E-state index in [-0.39, 0.29) is 0 Å². The molecule has 3 heterocycles. The highest BCUT2D eigenvalue weighted by atomic mass is 15.6. The molecule has 0 spiro atoms. The largest absolute Gasteiger partial charge is 0.353 e. The summed E-state index contributed by atoms with van der Waals surface area (Å²) < 4.78 is 1.47. The van der Waals surface area contributed by atoms with Gasteiger partial charge in [-0.3, -0.25) is 0 Å². The van der Waals surface area contributed by atoms with Gasteiger partial charge in [-0.2, -0.15) is 0 Å². The molecule has 1 fully saturated rings. The van der Waals surface area contributed by atoms with Gasteiger partial charge in [-0.15, -0.1) is 14.8 Å². The van der Waals surface area contributed by atoms with Crippen LogP contribution in [-0.4, -0.2) is 63.4 Å². The zero-order valence-corrected chi connectivity index (χ0v) is 9.11. The van der Waals surface area contributed by atoms with Crippen molar-refractivity contribution >= 4 is 11.5 Å². The Morgan fingerprint density at radius 3 is 2.75 bits per heavy atom. The van der Waals surface area contributed by atoms with Gasteiger partial charge in [0.15, 0.2) is 11.5 Å². The second kappa shape index (κ2) is 3.67. The first-order valence-electron chi connectivity index (χ1n) is 5.32. The third-order valence-corrected chi connectivity index (χ3v) is 2.88. The van der Waals surface area contributed by atoms with Gasteiger partial charge < -0.3 is 9.80 Å². The Kier molecular flexibility index (Phi) is 2.17. The van der Waals surface area contributed by atoms with Crippen LogP contribution in [0.2, 0.25) is 0 Å². The Morgan fingerprint density at radius 1 is 1.12 bits per heavy atom. The molecule has 7 heteroatoms. The molecule has 0 aliphatic carbocycles. The summed E-state index contributed by atoms with van der Waals surface area (Å²) in [6.45, 7) is 4.12. The number of rotatable bonds is 1. The Hall–Kier alpha value is -1.76. The van der Waals surface area contributed by atoms with Crippen molar-refractivity contribution in [2.24, 2.45) is 0 Å². The molecule has 0 radical (unpaired) electrons. The van der Waals surface area contributed by atoms with E-state index >= 15 is 0 Å². The fraction of sp³-hybridized carbons (Fsp3) is 0.556. The highest BCUT2D eigenvalue weighted by Gasteiger charge is 2.15. The lowest BCUT2D eigenvalue weighted by Crippen LogP contribution is -2.44. The molecule has 0 amide bonds. The van der Waals surface area contributed by atoms with Crippen LogP contribution in [0.3, 0.4) is 0 Å². The van der Waals surface area contributed by atoms with Crippen molar-refractivity contribution in [2.75, 3.05) is 38.1 Å². The molecule has 3 rings (SSSR count). The SMILES string of the molecule is CN1CCN(c2ccc3nnnn3n2)CC1. The van der Waals surface area contributed by atoms with Crippen LogP contribution in [0.5, 0.6) is 0 Å². The summed E-state index contributed by atoms with van der Waals surface area (Å²) in [5.74, 6) is 0.938. The highest BCUT2D eigenvalue weighted by molar-refractivity contribution is 5.44. The lowest BCUT2D eigenvalue weighted by molar-refractivity contribution is 0.311. The third-order valence-electron chi connectivity index (χ3n) is 2.88. The van der Waals surface area contributed by atoms with Crippen molar-refractivity contribution < 1.29 is 0 Å². The Morgan fingerprint density at radius 2 is 1.94 bits per heavy atom. The van der Waals surface area contributed by atoms with Crippen molar-refractivity contribution in [2.45, 2.75) is 0 Å². The van der Waals surface area contributed by atoms with E-state index in [0.717, 1.165) is 32.0 Å². The van der Waals surface area contributed by atoms with E-state index in [2.05, 4.69) is 37.5 Å². The summed E-state index contributed by atoms with van der Waals surface area (Å²) >= 11 is 0. The zero-order chi connectivity index (χ0) is 11.0. The van der Waals surface area contributed by atoms with Crippen molar-refractivity contribution in [3.63, 3.8) is 0 Å². The number of aromatic nitrogens is 5. The van der Waals surface area contributed by atoms with Crippen molar-refractivity contribution in [3.8, 4) is 0 Å². The van der Waals surface area contributed by atoms with Crippen LogP contribution >= 0.6 is 0 Å². The summed E-state index contributed by atoms with van der Waals surface area (Å²) in [5.41, 5.74) is 0.679. The summed E-state index contributed by atoms with van der Waals surface area (Å²) in [4.78, 5) is 4.56. The maximum Gasteiger partial charge on any atom is 0.200 e. The summed E-state index contributed by atoms with van der Waals surface area (Å²) in [7, 11) is 2.13. The molecule has 0 saturated carbocycles. The van der Waals surface area contributed by atoms with Crippen LogP contribution in [0.15, 0.2) is 12.1 Å². The highest BCUT2D eigenvalue weighted by Crippen LogP contribution is 2.12. The number of likely N-dealkylation sites (N-methyl/N-ethyl adjacent to an activating group) is 1. The van der Waals surface area contributed by atoms with Gasteiger partial charge in [0.1, 0.15) is 0 Å². The molecule has 84 valence electrons. The number of hydrogen-bond donors (Lipinski definition) is 0. The Balaban J connectivity index is 1.87. The molecule has 1 aliphatic heterocycles. The van der Waals surface area contributed by atoms with Crippen LogP contribution in [0.25, 0.3) is 5.65 Å². The normalized spacial score (nSPS) is 18.2. The molecule has 1 aliphatic rings. The first-order valence-corrected chi connectivity index (χ1v) is 5.32. The van der Waals surface area contributed by atoms with E-state index in [0.29, 0.717) is 5.65 Å². The van der Waals surface area contributed by atoms with E-state index < -0.39 is 0 Å². The van der Waals surface area contributed by atoms with Gasteiger partial charge in [0.2, 0.25) is 0 Å². The predicted octanol–water partition coefficient (Wildman–Crippen LogP) is -0.729. The minimum absolute atomic E-state index is 0.679. The quantitative estimate of drug-likeness (QED) is 0.630. The molecular formula is C9H13N7. The van der Waals surface area contributed by atoms with Crippen LogP contribution < -0.4 is 4.90 Å². The van der Waals surface area contributed by atoms with Gasteiger partial charge >= 0.3 is 0 Å². The fourth-order valence-corrected chi connectivity index (χ4v) is 1.84. The molecule has 16 heavy (non-hydrogen) atoms. The first-order chi connectivity index (χ1) is 7.83. The molecule has 0 atom stereocenters. The third kappa shape index (κ3) is 1.58. The minimum Gasteiger partial charge on any atom is -0.353 e. The monoisotopic (exact) mass is 219 g/mol. The second-order valence-electron chi connectivity index (χ2n) is 4.01. The van der Waals surface area contributed by atoms with Gasteiger partial charge in [-0.25, -0.2) is 0 Å². The molecule has 2 aromatic rings. The molecule has 2 aromatic heterocycles. The molecule has 0 unspecified atom stereocenters. The van der Waals surface area contributed by atoms with Crippen LogP contribution in [0.1, 0.15) is 0 Å². The smallest absolute Gasteiger partial charge is 0.200 e. The number of piperazine rings is 1. The van der Waals surface area contributed by atoms with Crippen molar-refractivity contribution in [3.05, 3.63) is 12.1 Å². The van der Waals surface area contributed by atoms with Gasteiger partial charge in [-0.05, 0) is 29.6 Å². The fourth-order valence-electron chi connectivity index (χ4n) is 1.84. The lowest BCUT2D eigenvalue weighted by atomic mass is 10.3. The molecule has 7 nitrogen and oxygen atoms in total. The molecule has 0 aromatic carbocycles. The van der Waals surface area contributed by atoms with Gasteiger partial charge in [0.05, 0.1) is 0 Å². The van der Waals surface area contributed by atoms with Gasteiger partial charge in [0.25, 0.3) is 0 Å². The van der Waals surface area contributed by atoms with Gasteiger partial charge in [0, 0.05) is 26.2 Å². The topological polar surface area (TPSA) is 62.5 Å². The Labute approximate surface area is 92.6 Å². The summed E-state index contributed by atoms with van der Waals surface area (Å²) in [5, 5.41) is 15.6. The zero-order valence-electron chi connectivity index (χ0n) is 9.11. The summed E-state index contributed by atoms with van der Waals surface area (Å²) in [6.07, 6.45) is 0. The molecule has 0 N–H and O–H groups in total. The average Bonchev–Trinajstić information content (AvgIpc) is 2.77. The van der Waals surface area contributed by atoms with Gasteiger partial charge in [-0.1, -0.05) is 0 Å². The predicted molar refractivity (Wildman–Crippen MR) is 58.3 cm³/mol. The first kappa shape index (κ1) is 9.46. The average molecular weight is 219 g/mol. The number of anilines is 1. The van der Waals surface area contributed by atoms with E-state index in [1.165, 1.54) is 4.63 Å². The van der Waals surface area contributed by atoms with E-state index in [9.17, 15) is 0 Å². The lowest BCUT2D eigenvalue weighted by Gasteiger charge is -2.32. The molecular weight excluding hydrogens is 206 g/mol. The van der Waals surface area contributed by atoms with Crippen LogP contribution in [-0.2, 0) is 0 Å². The molecule has 1 saturated heterocycles. The number of nitrogens with zero attached hydrogens (tertiary/aromatic N) is 7. The number of fused-ring (bicyclic) bond motifs is 1. The van der Waals surface area contributed by atoms with Crippen molar-refractivity contribution in [1.29, 1.82) is 0 Å². The maximum atomic E-state index is 4.37. The number of hydrogen-bond acceptors (Lipinski definition) is 6. The van der Waals surface area contributed by atoms with E-state index in [1.807, 2.05) is 12.1 Å². The van der Waals surface area contributed by atoms with Crippen LogP contribution in [0, 0.1) is 0 Å². The Bertz CT molecular complexity index is 485.